The highest BCUT2D eigenvalue weighted by Gasteiger charge is 2.27. The molecule has 1 N–H and O–H groups in total. The molecule has 2 rings (SSSR count). The number of carbonyl (C=O) groups is 2. The van der Waals surface area contributed by atoms with Crippen LogP contribution in [0.4, 0.5) is 4.79 Å². The van der Waals surface area contributed by atoms with E-state index < -0.39 is 6.09 Å². The average molecular weight is 336 g/mol. The number of ether oxygens (including phenoxy) is 1. The number of imidazole rings is 1. The van der Waals surface area contributed by atoms with Crippen LogP contribution in [-0.2, 0) is 9.53 Å². The van der Waals surface area contributed by atoms with Gasteiger partial charge in [-0.2, -0.15) is 4.79 Å². The van der Waals surface area contributed by atoms with Gasteiger partial charge in [0.25, 0.3) is 0 Å². The van der Waals surface area contributed by atoms with E-state index in [2.05, 4.69) is 4.98 Å². The fraction of sp³-hybridized carbons (Fsp3) is 0.438. The number of aromatic amines is 1. The Morgan fingerprint density at radius 2 is 1.91 bits per heavy atom. The lowest BCUT2D eigenvalue weighted by atomic mass is 10.3. The number of para-hydroxylation sites is 2. The van der Waals surface area contributed by atoms with Crippen LogP contribution in [0.3, 0.4) is 0 Å². The third-order valence-electron chi connectivity index (χ3n) is 3.49. The van der Waals surface area contributed by atoms with E-state index in [1.807, 2.05) is 38.1 Å². The predicted octanol–water partition coefficient (Wildman–Crippen LogP) is 2.42. The van der Waals surface area contributed by atoms with Gasteiger partial charge in [-0.1, -0.05) is 12.1 Å². The van der Waals surface area contributed by atoms with Crippen LogP contribution in [0, 0.1) is 0 Å². The number of benzene rings is 1. The lowest BCUT2D eigenvalue weighted by molar-refractivity contribution is -0.398. The van der Waals surface area contributed by atoms with Crippen molar-refractivity contribution in [2.24, 2.45) is 0 Å². The van der Waals surface area contributed by atoms with Gasteiger partial charge in [-0.3, -0.25) is 4.79 Å². The maximum Gasteiger partial charge on any atom is 0.513 e. The van der Waals surface area contributed by atoms with Gasteiger partial charge >= 0.3 is 11.2 Å². The summed E-state index contributed by atoms with van der Waals surface area (Å²) in [5.74, 6) is 0.322. The predicted molar refractivity (Wildman–Crippen MR) is 89.6 cm³/mol. The van der Waals surface area contributed by atoms with E-state index in [-0.39, 0.29) is 11.7 Å². The first kappa shape index (κ1) is 17.3. The second-order valence-corrected chi connectivity index (χ2v) is 5.80. The topological polar surface area (TPSA) is 65.7 Å². The number of amides is 1. The molecule has 1 heterocycles. The molecule has 0 aliphatic carbocycles. The third kappa shape index (κ3) is 3.85. The van der Waals surface area contributed by atoms with Gasteiger partial charge in [-0.15, -0.1) is 4.57 Å². The largest absolute Gasteiger partial charge is 0.513 e. The van der Waals surface area contributed by atoms with E-state index in [0.29, 0.717) is 24.9 Å². The minimum atomic E-state index is -0.442. The molecule has 0 aliphatic heterocycles. The highest BCUT2D eigenvalue weighted by Crippen LogP contribution is 2.21. The number of carbonyl (C=O) groups excluding carboxylic acids is 2. The van der Waals surface area contributed by atoms with E-state index in [9.17, 15) is 9.59 Å². The van der Waals surface area contributed by atoms with Crippen LogP contribution in [-0.4, -0.2) is 46.9 Å². The zero-order valence-electron chi connectivity index (χ0n) is 13.7. The second kappa shape index (κ2) is 8.01. The molecule has 6 nitrogen and oxygen atoms in total. The molecule has 23 heavy (non-hydrogen) atoms. The average Bonchev–Trinajstić information content (AvgIpc) is 2.92. The summed E-state index contributed by atoms with van der Waals surface area (Å²) in [6, 6.07) is 7.49. The standard InChI is InChI=1S/C16H21N3O3S/c1-4-18(5-2)14(20)11-23-15-17-12-9-7-8-10-13(12)19(15)16(21)22-6-3/h7-10H,4-6,11H2,1-3H3/p+1. The van der Waals surface area contributed by atoms with Crippen molar-refractivity contribution >= 4 is 34.8 Å². The van der Waals surface area contributed by atoms with Crippen LogP contribution in [0.1, 0.15) is 20.8 Å². The molecule has 0 atom stereocenters. The van der Waals surface area contributed by atoms with Crippen molar-refractivity contribution in [3.05, 3.63) is 24.3 Å². The van der Waals surface area contributed by atoms with Gasteiger partial charge in [0.1, 0.15) is 0 Å². The Labute approximate surface area is 139 Å². The summed E-state index contributed by atoms with van der Waals surface area (Å²) in [7, 11) is 0. The number of nitrogens with one attached hydrogen (secondary N) is 1. The Bertz CT molecular complexity index is 695. The van der Waals surface area contributed by atoms with Crippen molar-refractivity contribution in [2.75, 3.05) is 25.4 Å². The van der Waals surface area contributed by atoms with Crippen LogP contribution in [0.15, 0.2) is 29.4 Å². The zero-order valence-corrected chi connectivity index (χ0v) is 14.5. The summed E-state index contributed by atoms with van der Waals surface area (Å²) in [5, 5.41) is 0.602. The number of aromatic nitrogens is 2. The fourth-order valence-corrected chi connectivity index (χ4v) is 3.25. The van der Waals surface area contributed by atoms with Crippen LogP contribution >= 0.6 is 11.8 Å². The molecule has 124 valence electrons. The minimum Gasteiger partial charge on any atom is -0.431 e. The van der Waals surface area contributed by atoms with Crippen LogP contribution in [0.5, 0.6) is 0 Å². The van der Waals surface area contributed by atoms with E-state index in [0.717, 1.165) is 11.0 Å². The molecule has 0 saturated carbocycles. The minimum absolute atomic E-state index is 0.0501. The lowest BCUT2D eigenvalue weighted by Crippen LogP contribution is -2.32. The number of rotatable bonds is 6. The molecule has 7 heteroatoms. The second-order valence-electron chi connectivity index (χ2n) is 4.84. The van der Waals surface area contributed by atoms with Gasteiger partial charge in [0.15, 0.2) is 11.0 Å². The quantitative estimate of drug-likeness (QED) is 0.760. The van der Waals surface area contributed by atoms with Crippen LogP contribution in [0.25, 0.3) is 11.0 Å². The Hall–Kier alpha value is -2.02. The molecule has 0 aliphatic rings. The molecule has 0 radical (unpaired) electrons. The van der Waals surface area contributed by atoms with Crippen molar-refractivity contribution in [3.63, 3.8) is 0 Å². The van der Waals surface area contributed by atoms with Gasteiger partial charge in [0, 0.05) is 13.1 Å². The van der Waals surface area contributed by atoms with Crippen LogP contribution < -0.4 is 4.98 Å². The van der Waals surface area contributed by atoms with E-state index in [4.69, 9.17) is 4.74 Å². The summed E-state index contributed by atoms with van der Waals surface area (Å²) in [5.41, 5.74) is 1.57. The number of nitrogens with zero attached hydrogens (tertiary/aromatic N) is 2. The highest BCUT2D eigenvalue weighted by atomic mass is 32.2. The van der Waals surface area contributed by atoms with Gasteiger partial charge in [0.2, 0.25) is 5.91 Å². The zero-order chi connectivity index (χ0) is 16.8. The normalized spacial score (nSPS) is 10.7. The van der Waals surface area contributed by atoms with Crippen LogP contribution in [0.2, 0.25) is 0 Å². The van der Waals surface area contributed by atoms with Gasteiger partial charge in [-0.25, -0.2) is 4.98 Å². The van der Waals surface area contributed by atoms with Crippen molar-refractivity contribution < 1.29 is 19.3 Å². The number of thioether (sulfide) groups is 1. The number of hydrogen-bond donors (Lipinski definition) is 0. The molecule has 0 saturated heterocycles. The monoisotopic (exact) mass is 336 g/mol. The Morgan fingerprint density at radius 3 is 2.57 bits per heavy atom. The van der Waals surface area contributed by atoms with Gasteiger partial charge in [-0.05, 0) is 44.7 Å². The maximum atomic E-state index is 12.2. The molecule has 0 bridgehead atoms. The summed E-state index contributed by atoms with van der Waals surface area (Å²) in [6.45, 7) is 7.33. The number of fused-ring (bicyclic) bond motifs is 1. The molecule has 0 fully saturated rings. The number of H-pyrrole nitrogens is 1. The molecule has 1 amide bonds. The van der Waals surface area contributed by atoms with Crippen molar-refractivity contribution in [1.82, 2.24) is 9.47 Å². The molecule has 1 aromatic heterocycles. The molecule has 2 aromatic rings. The summed E-state index contributed by atoms with van der Waals surface area (Å²) in [4.78, 5) is 29.4. The molecular formula is C16H22N3O3S+. The summed E-state index contributed by atoms with van der Waals surface area (Å²) in [6.07, 6.45) is -0.442. The van der Waals surface area contributed by atoms with Crippen molar-refractivity contribution in [1.29, 1.82) is 0 Å². The first-order valence-corrected chi connectivity index (χ1v) is 8.71. The first-order valence-electron chi connectivity index (χ1n) is 7.72. The van der Waals surface area contributed by atoms with E-state index in [1.165, 1.54) is 16.3 Å². The summed E-state index contributed by atoms with van der Waals surface area (Å²) < 4.78 is 6.61. The smallest absolute Gasteiger partial charge is 0.431 e. The maximum absolute atomic E-state index is 12.2. The fourth-order valence-electron chi connectivity index (χ4n) is 2.32. The molecule has 1 aromatic carbocycles. The number of hydrogen-bond acceptors (Lipinski definition) is 4. The van der Waals surface area contributed by atoms with E-state index in [1.54, 1.807) is 11.8 Å². The Kier molecular flexibility index (Phi) is 6.04. The lowest BCUT2D eigenvalue weighted by Gasteiger charge is -2.17. The molecule has 0 unspecified atom stereocenters. The van der Waals surface area contributed by atoms with E-state index >= 15 is 0 Å². The first-order chi connectivity index (χ1) is 11.1. The van der Waals surface area contributed by atoms with Gasteiger partial charge < -0.3 is 9.64 Å². The summed E-state index contributed by atoms with van der Waals surface area (Å²) >= 11 is 1.31. The van der Waals surface area contributed by atoms with Gasteiger partial charge in [0.05, 0.1) is 12.4 Å². The SMILES string of the molecule is CCOC(=O)n1c(SCC(=O)N(CC)CC)[nH+]c2ccccc21. The Morgan fingerprint density at radius 1 is 1.22 bits per heavy atom. The highest BCUT2D eigenvalue weighted by molar-refractivity contribution is 7.99. The molecule has 0 spiro atoms. The molecular weight excluding hydrogens is 314 g/mol. The van der Waals surface area contributed by atoms with Crippen molar-refractivity contribution in [2.45, 2.75) is 25.9 Å². The third-order valence-corrected chi connectivity index (χ3v) is 4.44. The van der Waals surface area contributed by atoms with Crippen molar-refractivity contribution in [3.8, 4) is 0 Å². The Balaban J connectivity index is 2.27.